The topological polar surface area (TPSA) is 182 Å². The molecule has 0 aliphatic rings. The van der Waals surface area contributed by atoms with Gasteiger partial charge < -0.3 is 48.8 Å². The van der Waals surface area contributed by atoms with E-state index in [4.69, 9.17) is 28.4 Å². The third-order valence-corrected chi connectivity index (χ3v) is 6.82. The van der Waals surface area contributed by atoms with Crippen molar-refractivity contribution in [2.75, 3.05) is 42.7 Å². The Kier molecular flexibility index (Phi) is 14.4. The van der Waals surface area contributed by atoms with Gasteiger partial charge in [0.25, 0.3) is 0 Å². The first-order valence-electron chi connectivity index (χ1n) is 13.6. The molecule has 13 heteroatoms. The number of rotatable bonds is 12. The second-order valence-electron chi connectivity index (χ2n) is 9.43. The van der Waals surface area contributed by atoms with E-state index in [0.717, 1.165) is 12.1 Å². The minimum absolute atomic E-state index is 0. The second-order valence-corrected chi connectivity index (χ2v) is 9.43. The molecule has 0 N–H and O–H groups in total. The van der Waals surface area contributed by atoms with Crippen molar-refractivity contribution in [3.05, 3.63) is 95.1 Å². The van der Waals surface area contributed by atoms with Gasteiger partial charge in [-0.25, -0.2) is 0 Å². The van der Waals surface area contributed by atoms with Gasteiger partial charge in [-0.05, 0) is 84.0 Å². The fraction of sp³-hybridized carbons (Fsp3) is 0.235. The molecule has 0 saturated carbocycles. The van der Waals surface area contributed by atoms with E-state index in [1.807, 2.05) is 0 Å². The summed E-state index contributed by atoms with van der Waals surface area (Å²) in [4.78, 5) is 24.7. The number of ketones is 2. The van der Waals surface area contributed by atoms with Crippen LogP contribution in [0, 0.1) is 0 Å². The number of carbonyl (C=O) groups is 2. The van der Waals surface area contributed by atoms with Gasteiger partial charge in [0.05, 0.1) is 42.7 Å². The Hall–Kier alpha value is -4.97. The van der Waals surface area contributed by atoms with Gasteiger partial charge in [0.15, 0.2) is 11.6 Å². The molecule has 254 valence electrons. The number of hydrogen-bond acceptors (Lipinski definition) is 12. The first-order chi connectivity index (χ1) is 22.0. The average molecular weight is 691 g/mol. The summed E-state index contributed by atoms with van der Waals surface area (Å²) in [5, 5.41) is 49.2. The minimum Gasteiger partial charge on any atom is -0.872 e. The zero-order valence-electron chi connectivity index (χ0n) is 26.3. The molecule has 0 bridgehead atoms. The number of hydrogen-bond donors (Lipinski definition) is 0. The Morgan fingerprint density at radius 2 is 0.787 bits per heavy atom. The predicted molar refractivity (Wildman–Crippen MR) is 158 cm³/mol. The number of benzene rings is 4. The Morgan fingerprint density at radius 3 is 1.04 bits per heavy atom. The number of methoxy groups -OCH3 is 6. The van der Waals surface area contributed by atoms with E-state index in [-0.39, 0.29) is 61.7 Å². The average Bonchev–Trinajstić information content (AvgIpc) is 3.09. The van der Waals surface area contributed by atoms with Gasteiger partial charge in [-0.15, -0.1) is 0 Å². The summed E-state index contributed by atoms with van der Waals surface area (Å²) in [7, 11) is 8.43. The SMILES string of the molecule is COc1ccc(C(=O)C([O-])c2c([O-])cc(OC)cc2OC)cc1.COc1ccc(C(=O)C([O-])c2c([O-])cc(OC)cc2OC)cc1.[Ni]. The molecule has 47 heavy (non-hydrogen) atoms. The van der Waals surface area contributed by atoms with Crippen molar-refractivity contribution in [2.45, 2.75) is 12.2 Å². The molecular formula is C34H32NiO12-4. The molecule has 12 nitrogen and oxygen atoms in total. The van der Waals surface area contributed by atoms with Gasteiger partial charge in [0, 0.05) is 39.8 Å². The number of carbonyl (C=O) groups excluding carboxylic acids is 2. The summed E-state index contributed by atoms with van der Waals surface area (Å²) in [5.74, 6) is -0.884. The second kappa shape index (κ2) is 17.7. The molecule has 0 fully saturated rings. The van der Waals surface area contributed by atoms with Crippen LogP contribution in [0.3, 0.4) is 0 Å². The summed E-state index contributed by atoms with van der Waals surface area (Å²) in [6, 6.07) is 17.3. The third kappa shape index (κ3) is 9.07. The van der Waals surface area contributed by atoms with Crippen LogP contribution in [0.5, 0.6) is 46.0 Å². The zero-order valence-corrected chi connectivity index (χ0v) is 27.3. The van der Waals surface area contributed by atoms with Gasteiger partial charge in [0.2, 0.25) is 0 Å². The van der Waals surface area contributed by atoms with Crippen LogP contribution in [0.1, 0.15) is 44.1 Å². The van der Waals surface area contributed by atoms with Crippen LogP contribution in [0.4, 0.5) is 0 Å². The minimum atomic E-state index is -1.88. The molecule has 2 atom stereocenters. The maximum Gasteiger partial charge on any atom is 0.153 e. The Bertz CT molecular complexity index is 1520. The summed E-state index contributed by atoms with van der Waals surface area (Å²) in [5.41, 5.74) is -0.0608. The van der Waals surface area contributed by atoms with Gasteiger partial charge in [-0.1, -0.05) is 11.5 Å². The Morgan fingerprint density at radius 1 is 0.489 bits per heavy atom. The molecule has 0 saturated heterocycles. The largest absolute Gasteiger partial charge is 0.872 e. The number of Topliss-reactive ketones (excluding diaryl/α,β-unsaturated/α-hetero) is 2. The Labute approximate surface area is 281 Å². The summed E-state index contributed by atoms with van der Waals surface area (Å²) >= 11 is 0. The van der Waals surface area contributed by atoms with E-state index in [0.29, 0.717) is 11.5 Å². The zero-order chi connectivity index (χ0) is 34.0. The monoisotopic (exact) mass is 690 g/mol. The van der Waals surface area contributed by atoms with Crippen LogP contribution in [0.15, 0.2) is 72.8 Å². The summed E-state index contributed by atoms with van der Waals surface area (Å²) in [6.45, 7) is 0. The van der Waals surface area contributed by atoms with Crippen LogP contribution >= 0.6 is 0 Å². The van der Waals surface area contributed by atoms with Crippen molar-refractivity contribution in [1.82, 2.24) is 0 Å². The quantitative estimate of drug-likeness (QED) is 0.156. The van der Waals surface area contributed by atoms with Crippen molar-refractivity contribution in [3.8, 4) is 46.0 Å². The molecule has 0 heterocycles. The molecule has 0 aliphatic heterocycles. The molecule has 0 amide bonds. The smallest absolute Gasteiger partial charge is 0.153 e. The van der Waals surface area contributed by atoms with Crippen molar-refractivity contribution < 1.29 is 74.9 Å². The summed E-state index contributed by atoms with van der Waals surface area (Å²) < 4.78 is 30.0. The van der Waals surface area contributed by atoms with E-state index >= 15 is 0 Å². The van der Waals surface area contributed by atoms with Crippen LogP contribution in [0.2, 0.25) is 0 Å². The van der Waals surface area contributed by atoms with E-state index in [2.05, 4.69) is 0 Å². The van der Waals surface area contributed by atoms with Crippen LogP contribution in [-0.4, -0.2) is 54.2 Å². The van der Waals surface area contributed by atoms with Gasteiger partial charge in [0.1, 0.15) is 34.5 Å². The van der Waals surface area contributed by atoms with Crippen molar-refractivity contribution in [2.24, 2.45) is 0 Å². The molecule has 0 radical (unpaired) electrons. The molecule has 0 spiro atoms. The molecule has 4 rings (SSSR count). The van der Waals surface area contributed by atoms with E-state index in [1.54, 1.807) is 24.3 Å². The van der Waals surface area contributed by atoms with E-state index in [9.17, 15) is 30.0 Å². The molecule has 4 aromatic rings. The normalized spacial score (nSPS) is 11.4. The fourth-order valence-corrected chi connectivity index (χ4v) is 4.32. The van der Waals surface area contributed by atoms with Crippen LogP contribution in [0.25, 0.3) is 0 Å². The molecule has 0 aromatic heterocycles. The maximum atomic E-state index is 12.5. The molecule has 2 unspecified atom stereocenters. The van der Waals surface area contributed by atoms with E-state index in [1.165, 1.54) is 79.1 Å². The maximum absolute atomic E-state index is 12.5. The molecular weight excluding hydrogens is 659 g/mol. The van der Waals surface area contributed by atoms with Crippen molar-refractivity contribution >= 4 is 11.6 Å². The third-order valence-electron chi connectivity index (χ3n) is 6.82. The van der Waals surface area contributed by atoms with Gasteiger partial charge >= 0.3 is 0 Å². The molecule has 0 aliphatic carbocycles. The van der Waals surface area contributed by atoms with Crippen molar-refractivity contribution in [1.29, 1.82) is 0 Å². The fourth-order valence-electron chi connectivity index (χ4n) is 4.32. The number of ether oxygens (including phenoxy) is 6. The standard InChI is InChI=1S/2C17H17O6.Ni/c2*1-21-11-6-4-10(5-7-11)16(19)17(20)15-13(18)8-12(22-2)9-14(15)23-3;/h2*4-9,17-18H,1-3H3;/q2*-1;/p-2. The van der Waals surface area contributed by atoms with E-state index < -0.39 is 35.3 Å². The van der Waals surface area contributed by atoms with Crippen LogP contribution < -0.4 is 48.8 Å². The van der Waals surface area contributed by atoms with Crippen molar-refractivity contribution in [3.63, 3.8) is 0 Å². The predicted octanol–water partition coefficient (Wildman–Crippen LogP) is 2.14. The molecule has 4 aromatic carbocycles. The first kappa shape index (κ1) is 38.2. The summed E-state index contributed by atoms with van der Waals surface area (Å²) in [6.07, 6.45) is -3.76. The van der Waals surface area contributed by atoms with Gasteiger partial charge in [-0.2, -0.15) is 0 Å². The Balaban J connectivity index is 0.000000320. The van der Waals surface area contributed by atoms with Crippen LogP contribution in [-0.2, 0) is 16.5 Å². The van der Waals surface area contributed by atoms with Gasteiger partial charge in [-0.3, -0.25) is 9.59 Å². The first-order valence-corrected chi connectivity index (χ1v) is 13.6.